The van der Waals surface area contributed by atoms with Gasteiger partial charge in [-0.15, -0.1) is 0 Å². The van der Waals surface area contributed by atoms with Crippen LogP contribution in [0.2, 0.25) is 0 Å². The zero-order valence-electron chi connectivity index (χ0n) is 22.3. The molecule has 9 heteroatoms. The average Bonchev–Trinajstić information content (AvgIpc) is 3.37. The van der Waals surface area contributed by atoms with Crippen LogP contribution in [0.4, 0.5) is 11.4 Å². The van der Waals surface area contributed by atoms with Gasteiger partial charge in [0.25, 0.3) is 5.91 Å². The normalized spacial score (nSPS) is 14.5. The summed E-state index contributed by atoms with van der Waals surface area (Å²) >= 11 is 0. The van der Waals surface area contributed by atoms with E-state index in [0.29, 0.717) is 35.0 Å². The molecule has 208 valence electrons. The van der Waals surface area contributed by atoms with Gasteiger partial charge >= 0.3 is 11.9 Å². The van der Waals surface area contributed by atoms with Gasteiger partial charge in [0.05, 0.1) is 18.1 Å². The number of nitrogens with zero attached hydrogens (tertiary/aromatic N) is 1. The van der Waals surface area contributed by atoms with Crippen molar-refractivity contribution in [3.05, 3.63) is 84.4 Å². The summed E-state index contributed by atoms with van der Waals surface area (Å²) in [7, 11) is 0. The number of anilines is 2. The SMILES string of the molecule is CCCCCOC(=O)c1ccc(N2C[C@H](C(=O)OCC(=O)Nc3ccc(Oc4ccccc4)cc3)CC2=O)cc1. The van der Waals surface area contributed by atoms with Crippen molar-refractivity contribution < 1.29 is 33.4 Å². The number of esters is 2. The van der Waals surface area contributed by atoms with E-state index in [1.807, 2.05) is 30.3 Å². The van der Waals surface area contributed by atoms with Crippen molar-refractivity contribution in [1.29, 1.82) is 0 Å². The third-order valence-electron chi connectivity index (χ3n) is 6.32. The van der Waals surface area contributed by atoms with Gasteiger partial charge in [-0.05, 0) is 67.1 Å². The highest BCUT2D eigenvalue weighted by Crippen LogP contribution is 2.27. The molecular formula is C31H32N2O7. The molecule has 2 amide bonds. The van der Waals surface area contributed by atoms with E-state index < -0.39 is 30.4 Å². The van der Waals surface area contributed by atoms with Crippen LogP contribution >= 0.6 is 0 Å². The van der Waals surface area contributed by atoms with Gasteiger partial charge < -0.3 is 24.4 Å². The number of para-hydroxylation sites is 1. The Labute approximate surface area is 233 Å². The molecule has 9 nitrogen and oxygen atoms in total. The summed E-state index contributed by atoms with van der Waals surface area (Å²) in [5.41, 5.74) is 1.49. The third kappa shape index (κ3) is 7.92. The lowest BCUT2D eigenvalue weighted by molar-refractivity contribution is -0.151. The molecule has 0 bridgehead atoms. The number of benzene rings is 3. The Morgan fingerprint density at radius 2 is 1.57 bits per heavy atom. The summed E-state index contributed by atoms with van der Waals surface area (Å²) in [6, 6.07) is 22.6. The van der Waals surface area contributed by atoms with Crippen LogP contribution in [0.3, 0.4) is 0 Å². The minimum absolute atomic E-state index is 0.0233. The first-order valence-corrected chi connectivity index (χ1v) is 13.3. The van der Waals surface area contributed by atoms with Crippen molar-refractivity contribution in [2.75, 3.05) is 30.0 Å². The Hall–Kier alpha value is -4.66. The standard InChI is InChI=1S/C31H32N2O7/c1-2-3-7-18-38-30(36)22-10-14-25(15-11-22)33-20-23(19-29(33)35)31(37)39-21-28(34)32-24-12-16-27(17-13-24)40-26-8-5-4-6-9-26/h4-6,8-17,23H,2-3,7,18-21H2,1H3,(H,32,34)/t23-/m1/s1. The van der Waals surface area contributed by atoms with Crippen LogP contribution in [0, 0.1) is 5.92 Å². The van der Waals surface area contributed by atoms with E-state index in [2.05, 4.69) is 12.2 Å². The number of hydrogen-bond donors (Lipinski definition) is 1. The van der Waals surface area contributed by atoms with Gasteiger partial charge in [0, 0.05) is 24.3 Å². The Balaban J connectivity index is 1.21. The summed E-state index contributed by atoms with van der Waals surface area (Å²) in [4.78, 5) is 51.1. The quantitative estimate of drug-likeness (QED) is 0.241. The second kappa shape index (κ2) is 13.9. The number of nitrogens with one attached hydrogen (secondary N) is 1. The highest BCUT2D eigenvalue weighted by Gasteiger charge is 2.36. The van der Waals surface area contributed by atoms with Gasteiger partial charge in [0.1, 0.15) is 11.5 Å². The van der Waals surface area contributed by atoms with Gasteiger partial charge in [-0.3, -0.25) is 14.4 Å². The van der Waals surface area contributed by atoms with Gasteiger partial charge in [0.15, 0.2) is 6.61 Å². The molecule has 0 radical (unpaired) electrons. The van der Waals surface area contributed by atoms with Crippen LogP contribution in [0.5, 0.6) is 11.5 Å². The van der Waals surface area contributed by atoms with Crippen LogP contribution in [-0.4, -0.2) is 43.5 Å². The molecule has 1 saturated heterocycles. The van der Waals surface area contributed by atoms with Crippen LogP contribution in [-0.2, 0) is 23.9 Å². The number of carbonyl (C=O) groups excluding carboxylic acids is 4. The molecule has 1 heterocycles. The Bertz CT molecular complexity index is 1310. The molecule has 0 aromatic heterocycles. The van der Waals surface area contributed by atoms with Crippen molar-refractivity contribution >= 4 is 35.1 Å². The summed E-state index contributed by atoms with van der Waals surface area (Å²) in [6.45, 7) is 2.10. The molecule has 0 spiro atoms. The number of ether oxygens (including phenoxy) is 3. The van der Waals surface area contributed by atoms with Crippen molar-refractivity contribution in [3.8, 4) is 11.5 Å². The van der Waals surface area contributed by atoms with E-state index in [4.69, 9.17) is 14.2 Å². The maximum atomic E-state index is 12.6. The Morgan fingerprint density at radius 1 is 0.875 bits per heavy atom. The second-order valence-corrected chi connectivity index (χ2v) is 9.39. The minimum atomic E-state index is -0.696. The molecule has 1 N–H and O–H groups in total. The predicted octanol–water partition coefficient (Wildman–Crippen LogP) is 5.36. The maximum absolute atomic E-state index is 12.6. The lowest BCUT2D eigenvalue weighted by atomic mass is 10.1. The molecule has 1 atom stereocenters. The molecular weight excluding hydrogens is 512 g/mol. The molecule has 3 aromatic carbocycles. The molecule has 40 heavy (non-hydrogen) atoms. The summed E-state index contributed by atoms with van der Waals surface area (Å²) in [5, 5.41) is 2.67. The van der Waals surface area contributed by atoms with E-state index in [1.54, 1.807) is 48.5 Å². The lowest BCUT2D eigenvalue weighted by Gasteiger charge is -2.17. The van der Waals surface area contributed by atoms with E-state index in [0.717, 1.165) is 19.3 Å². The third-order valence-corrected chi connectivity index (χ3v) is 6.32. The number of unbranched alkanes of at least 4 members (excludes halogenated alkanes) is 2. The largest absolute Gasteiger partial charge is 0.462 e. The molecule has 0 aliphatic carbocycles. The number of hydrogen-bond acceptors (Lipinski definition) is 7. The monoisotopic (exact) mass is 544 g/mol. The summed E-state index contributed by atoms with van der Waals surface area (Å²) in [6.07, 6.45) is 2.83. The van der Waals surface area contributed by atoms with Gasteiger partial charge in [-0.1, -0.05) is 38.0 Å². The van der Waals surface area contributed by atoms with E-state index >= 15 is 0 Å². The lowest BCUT2D eigenvalue weighted by Crippen LogP contribution is -2.28. The number of rotatable bonds is 12. The van der Waals surface area contributed by atoms with E-state index in [-0.39, 0.29) is 18.9 Å². The molecule has 1 aliphatic rings. The topological polar surface area (TPSA) is 111 Å². The summed E-state index contributed by atoms with van der Waals surface area (Å²) in [5.74, 6) is -1.15. The van der Waals surface area contributed by atoms with Gasteiger partial charge in [-0.25, -0.2) is 4.79 Å². The van der Waals surface area contributed by atoms with Crippen molar-refractivity contribution in [3.63, 3.8) is 0 Å². The zero-order valence-corrected chi connectivity index (χ0v) is 22.3. The average molecular weight is 545 g/mol. The first-order valence-electron chi connectivity index (χ1n) is 13.3. The van der Waals surface area contributed by atoms with Crippen molar-refractivity contribution in [1.82, 2.24) is 0 Å². The number of carbonyl (C=O) groups is 4. The molecule has 0 saturated carbocycles. The van der Waals surface area contributed by atoms with Gasteiger partial charge in [0.2, 0.25) is 5.91 Å². The fourth-order valence-electron chi connectivity index (χ4n) is 4.18. The maximum Gasteiger partial charge on any atom is 0.338 e. The number of amides is 2. The van der Waals surface area contributed by atoms with Crippen LogP contribution in [0.15, 0.2) is 78.9 Å². The fourth-order valence-corrected chi connectivity index (χ4v) is 4.18. The molecule has 1 fully saturated rings. The van der Waals surface area contributed by atoms with Crippen molar-refractivity contribution in [2.45, 2.75) is 32.6 Å². The molecule has 4 rings (SSSR count). The highest BCUT2D eigenvalue weighted by atomic mass is 16.5. The fraction of sp³-hybridized carbons (Fsp3) is 0.290. The highest BCUT2D eigenvalue weighted by molar-refractivity contribution is 6.00. The smallest absolute Gasteiger partial charge is 0.338 e. The zero-order chi connectivity index (χ0) is 28.3. The van der Waals surface area contributed by atoms with Crippen LogP contribution < -0.4 is 15.0 Å². The molecule has 0 unspecified atom stereocenters. The first kappa shape index (κ1) is 28.4. The van der Waals surface area contributed by atoms with Gasteiger partial charge in [-0.2, -0.15) is 0 Å². The molecule has 3 aromatic rings. The second-order valence-electron chi connectivity index (χ2n) is 9.39. The van der Waals surface area contributed by atoms with Crippen LogP contribution in [0.1, 0.15) is 43.0 Å². The summed E-state index contributed by atoms with van der Waals surface area (Å²) < 4.78 is 16.2. The first-order chi connectivity index (χ1) is 19.4. The Kier molecular flexibility index (Phi) is 9.88. The minimum Gasteiger partial charge on any atom is -0.462 e. The van der Waals surface area contributed by atoms with Crippen molar-refractivity contribution in [2.24, 2.45) is 5.92 Å². The molecule has 1 aliphatic heterocycles. The van der Waals surface area contributed by atoms with E-state index in [1.165, 1.54) is 4.90 Å². The predicted molar refractivity (Wildman–Crippen MR) is 149 cm³/mol. The van der Waals surface area contributed by atoms with Crippen LogP contribution in [0.25, 0.3) is 0 Å². The Morgan fingerprint density at radius 3 is 2.27 bits per heavy atom. The van der Waals surface area contributed by atoms with E-state index in [9.17, 15) is 19.2 Å².